The van der Waals surface area contributed by atoms with Crippen LogP contribution in [0.1, 0.15) is 74.2 Å². The molecular weight excluding hydrogens is 476 g/mol. The van der Waals surface area contributed by atoms with Crippen LogP contribution in [0.25, 0.3) is 0 Å². The van der Waals surface area contributed by atoms with Crippen molar-refractivity contribution in [2.75, 3.05) is 0 Å². The number of hydrogen-bond acceptors (Lipinski definition) is 0. The smallest absolute Gasteiger partial charge is 0.0842 e. The maximum absolute atomic E-state index is 3.71. The van der Waals surface area contributed by atoms with Gasteiger partial charge in [-0.3, -0.25) is 0 Å². The highest BCUT2D eigenvalue weighted by Gasteiger charge is 2.36. The molecule has 0 heterocycles. The minimum Gasteiger partial charge on any atom is -0.0842 e. The third-order valence-electron chi connectivity index (χ3n) is 5.76. The van der Waals surface area contributed by atoms with Gasteiger partial charge >= 0.3 is 0 Å². The van der Waals surface area contributed by atoms with Crippen molar-refractivity contribution in [1.82, 2.24) is 0 Å². The van der Waals surface area contributed by atoms with Gasteiger partial charge in [-0.25, -0.2) is 0 Å². The maximum Gasteiger partial charge on any atom is 0.118 e. The molecule has 0 bridgehead atoms. The molecule has 0 aromatic heterocycles. The Balaban J connectivity index is 2.53. The monoisotopic (exact) mass is 508 g/mol. The zero-order chi connectivity index (χ0) is 19.9. The molecule has 2 aromatic rings. The topological polar surface area (TPSA) is 0 Å². The number of alkyl halides is 2. The van der Waals surface area contributed by atoms with Crippen molar-refractivity contribution >= 4 is 50.3 Å². The molecule has 0 spiro atoms. The average Bonchev–Trinajstić information content (AvgIpc) is 2.69. The van der Waals surface area contributed by atoms with Crippen LogP contribution in [-0.4, -0.2) is 8.07 Å². The van der Waals surface area contributed by atoms with Crippen LogP contribution in [0, 0.1) is 0 Å². The first-order valence-corrected chi connectivity index (χ1v) is 14.7. The molecule has 0 amide bonds. The Morgan fingerprint density at radius 1 is 0.667 bits per heavy atom. The van der Waals surface area contributed by atoms with Gasteiger partial charge in [-0.2, -0.15) is 0 Å². The zero-order valence-electron chi connectivity index (χ0n) is 17.3. The van der Waals surface area contributed by atoms with E-state index < -0.39 is 8.07 Å². The molecule has 2 rings (SSSR count). The molecule has 2 atom stereocenters. The van der Waals surface area contributed by atoms with Gasteiger partial charge in [0.05, 0.1) is 0 Å². The number of halogens is 2. The second-order valence-corrected chi connectivity index (χ2v) is 14.8. The third kappa shape index (κ3) is 5.80. The van der Waals surface area contributed by atoms with Gasteiger partial charge in [0.1, 0.15) is 8.07 Å². The van der Waals surface area contributed by atoms with E-state index in [4.69, 9.17) is 0 Å². The highest BCUT2D eigenvalue weighted by molar-refractivity contribution is 9.09. The predicted octanol–water partition coefficient (Wildman–Crippen LogP) is 7.76. The molecule has 2 aromatic carbocycles. The van der Waals surface area contributed by atoms with Crippen molar-refractivity contribution in [1.29, 1.82) is 0 Å². The maximum atomic E-state index is 3.71. The first-order chi connectivity index (χ1) is 12.9. The summed E-state index contributed by atoms with van der Waals surface area (Å²) in [6.07, 6.45) is 5.19. The standard InChI is InChI=1S/C24H34Br2Si/c1-5-7-17-27(18-8-6-2,23-13-9-21(10-14-23)19(3)25)24-15-11-22(12-16-24)20(4)26/h9-16,19-20H,5-8,17-18H2,1-4H3. The number of hydrogen-bond donors (Lipinski definition) is 0. The Labute approximate surface area is 184 Å². The molecule has 27 heavy (non-hydrogen) atoms. The molecule has 0 aliphatic carbocycles. The van der Waals surface area contributed by atoms with Gasteiger partial charge < -0.3 is 0 Å². The molecule has 0 aliphatic heterocycles. The lowest BCUT2D eigenvalue weighted by atomic mass is 10.2. The van der Waals surface area contributed by atoms with E-state index in [0.29, 0.717) is 9.65 Å². The molecule has 0 saturated carbocycles. The highest BCUT2D eigenvalue weighted by Crippen LogP contribution is 2.27. The highest BCUT2D eigenvalue weighted by atomic mass is 79.9. The van der Waals surface area contributed by atoms with E-state index in [1.54, 1.807) is 10.4 Å². The summed E-state index contributed by atoms with van der Waals surface area (Å²) >= 11 is 7.43. The van der Waals surface area contributed by atoms with E-state index in [-0.39, 0.29) is 0 Å². The van der Waals surface area contributed by atoms with Gasteiger partial charge in [-0.1, -0.05) is 130 Å². The first-order valence-electron chi connectivity index (χ1n) is 10.4. The molecule has 0 aliphatic rings. The van der Waals surface area contributed by atoms with Crippen LogP contribution in [0.4, 0.5) is 0 Å². The predicted molar refractivity (Wildman–Crippen MR) is 132 cm³/mol. The summed E-state index contributed by atoms with van der Waals surface area (Å²) in [5.41, 5.74) is 2.74. The van der Waals surface area contributed by atoms with Crippen LogP contribution in [0.5, 0.6) is 0 Å². The first kappa shape index (κ1) is 22.9. The number of benzene rings is 2. The largest absolute Gasteiger partial charge is 0.118 e. The quantitative estimate of drug-likeness (QED) is 0.226. The number of rotatable bonds is 10. The van der Waals surface area contributed by atoms with E-state index in [1.807, 2.05) is 0 Å². The molecule has 0 radical (unpaired) electrons. The Hall–Kier alpha value is -0.383. The van der Waals surface area contributed by atoms with Crippen molar-refractivity contribution in [2.45, 2.75) is 75.1 Å². The minimum absolute atomic E-state index is 0.411. The van der Waals surface area contributed by atoms with Crippen LogP contribution in [0.15, 0.2) is 48.5 Å². The van der Waals surface area contributed by atoms with E-state index in [2.05, 4.69) is 108 Å². The Bertz CT molecular complexity index is 613. The van der Waals surface area contributed by atoms with E-state index in [1.165, 1.54) is 48.9 Å². The number of unbranched alkanes of at least 4 members (excludes halogenated alkanes) is 2. The molecule has 148 valence electrons. The summed E-state index contributed by atoms with van der Waals surface area (Å²) < 4.78 is 0. The fraction of sp³-hybridized carbons (Fsp3) is 0.500. The fourth-order valence-corrected chi connectivity index (χ4v) is 9.83. The summed E-state index contributed by atoms with van der Waals surface area (Å²) in [6.45, 7) is 9.05. The second-order valence-electron chi connectivity index (χ2n) is 7.77. The van der Waals surface area contributed by atoms with Crippen LogP contribution in [0.2, 0.25) is 12.1 Å². The summed E-state index contributed by atoms with van der Waals surface area (Å²) in [7, 11) is -1.74. The van der Waals surface area contributed by atoms with Gasteiger partial charge in [0.2, 0.25) is 0 Å². The minimum atomic E-state index is -1.74. The van der Waals surface area contributed by atoms with Gasteiger partial charge in [-0.05, 0) is 37.1 Å². The normalized spacial score (nSPS) is 14.1. The SMILES string of the molecule is CCCC[Si](CCCC)(c1ccc(C(C)Br)cc1)c1ccc(C(C)Br)cc1. The summed E-state index contributed by atoms with van der Waals surface area (Å²) in [5, 5.41) is 3.22. The Morgan fingerprint density at radius 2 is 1.00 bits per heavy atom. The summed E-state index contributed by atoms with van der Waals surface area (Å²) in [6, 6.07) is 21.8. The lowest BCUT2D eigenvalue weighted by Gasteiger charge is -2.34. The zero-order valence-corrected chi connectivity index (χ0v) is 21.4. The molecule has 0 saturated heterocycles. The van der Waals surface area contributed by atoms with Crippen LogP contribution < -0.4 is 10.4 Å². The van der Waals surface area contributed by atoms with Gasteiger partial charge in [-0.15, -0.1) is 0 Å². The Kier molecular flexibility index (Phi) is 9.31. The van der Waals surface area contributed by atoms with E-state index in [0.717, 1.165) is 0 Å². The molecule has 2 unspecified atom stereocenters. The average molecular weight is 510 g/mol. The van der Waals surface area contributed by atoms with Crippen molar-refractivity contribution < 1.29 is 0 Å². The van der Waals surface area contributed by atoms with Crippen LogP contribution >= 0.6 is 31.9 Å². The van der Waals surface area contributed by atoms with E-state index in [9.17, 15) is 0 Å². The van der Waals surface area contributed by atoms with Gasteiger partial charge in [0.25, 0.3) is 0 Å². The molecule has 0 fully saturated rings. The third-order valence-corrected chi connectivity index (χ3v) is 12.1. The second kappa shape index (κ2) is 11.0. The fourth-order valence-electron chi connectivity index (χ4n) is 3.96. The summed E-state index contributed by atoms with van der Waals surface area (Å²) in [5.74, 6) is 0. The van der Waals surface area contributed by atoms with Gasteiger partial charge in [0.15, 0.2) is 0 Å². The van der Waals surface area contributed by atoms with E-state index >= 15 is 0 Å². The van der Waals surface area contributed by atoms with Crippen LogP contribution in [0.3, 0.4) is 0 Å². The lowest BCUT2D eigenvalue weighted by Crippen LogP contribution is -2.58. The molecule has 0 N–H and O–H groups in total. The van der Waals surface area contributed by atoms with Crippen molar-refractivity contribution in [3.63, 3.8) is 0 Å². The van der Waals surface area contributed by atoms with Crippen molar-refractivity contribution in [2.24, 2.45) is 0 Å². The van der Waals surface area contributed by atoms with Crippen molar-refractivity contribution in [3.05, 3.63) is 59.7 Å². The van der Waals surface area contributed by atoms with Gasteiger partial charge in [0, 0.05) is 9.65 Å². The van der Waals surface area contributed by atoms with Crippen molar-refractivity contribution in [3.8, 4) is 0 Å². The lowest BCUT2D eigenvalue weighted by molar-refractivity contribution is 0.838. The molecule has 0 nitrogen and oxygen atoms in total. The Morgan fingerprint density at radius 3 is 1.26 bits per heavy atom. The molecular formula is C24H34Br2Si. The molecule has 3 heteroatoms. The van der Waals surface area contributed by atoms with Crippen LogP contribution in [-0.2, 0) is 0 Å². The summed E-state index contributed by atoms with van der Waals surface area (Å²) in [4.78, 5) is 0.821.